The smallest absolute Gasteiger partial charge is 0.122 e. The third kappa shape index (κ3) is 3.46. The van der Waals surface area contributed by atoms with Crippen LogP contribution >= 0.6 is 0 Å². The molecule has 0 saturated heterocycles. The highest BCUT2D eigenvalue weighted by atomic mass is 15.2. The van der Waals surface area contributed by atoms with Gasteiger partial charge in [0.1, 0.15) is 5.54 Å². The molecule has 0 aromatic carbocycles. The molecule has 0 bridgehead atoms. The van der Waals surface area contributed by atoms with Crippen molar-refractivity contribution in [2.75, 3.05) is 19.6 Å². The highest BCUT2D eigenvalue weighted by Gasteiger charge is 2.48. The number of likely N-dealkylation sites (N-methyl/N-ethyl adjacent to an activating group) is 1. The number of nitriles is 1. The molecule has 2 aliphatic rings. The topological polar surface area (TPSA) is 39.1 Å². The molecule has 0 aliphatic heterocycles. The van der Waals surface area contributed by atoms with Crippen LogP contribution in [0.15, 0.2) is 0 Å². The minimum atomic E-state index is -0.259. The molecule has 0 radical (unpaired) electrons. The molecule has 0 spiro atoms. The van der Waals surface area contributed by atoms with Crippen molar-refractivity contribution >= 4 is 0 Å². The summed E-state index contributed by atoms with van der Waals surface area (Å²) in [5, 5.41) is 13.3. The summed E-state index contributed by atoms with van der Waals surface area (Å²) in [4.78, 5) is 2.46. The normalized spacial score (nSPS) is 22.8. The monoisotopic (exact) mass is 249 g/mol. The van der Waals surface area contributed by atoms with Gasteiger partial charge in [-0.05, 0) is 51.1 Å². The summed E-state index contributed by atoms with van der Waals surface area (Å²) in [6.45, 7) is 7.55. The van der Waals surface area contributed by atoms with Crippen LogP contribution in [0.25, 0.3) is 0 Å². The van der Waals surface area contributed by atoms with E-state index in [1.54, 1.807) is 0 Å². The van der Waals surface area contributed by atoms with Gasteiger partial charge in [-0.2, -0.15) is 5.26 Å². The van der Waals surface area contributed by atoms with Gasteiger partial charge in [-0.3, -0.25) is 5.32 Å². The lowest BCUT2D eigenvalue weighted by Gasteiger charge is -2.34. The number of hydrogen-bond acceptors (Lipinski definition) is 3. The molecule has 2 aliphatic carbocycles. The Morgan fingerprint density at radius 1 is 1.28 bits per heavy atom. The second kappa shape index (κ2) is 6.04. The van der Waals surface area contributed by atoms with Crippen molar-refractivity contribution in [3.8, 4) is 6.07 Å². The predicted octanol–water partition coefficient (Wildman–Crippen LogP) is 2.53. The van der Waals surface area contributed by atoms with Gasteiger partial charge in [-0.25, -0.2) is 0 Å². The maximum absolute atomic E-state index is 9.69. The standard InChI is InChI=1S/C15H27N3/c1-3-5-10-18(4-2)12-15(11-16,13-6-7-13)17-14-8-9-14/h13-14,17H,3-10,12H2,1-2H3. The molecule has 0 heterocycles. The van der Waals surface area contributed by atoms with Crippen molar-refractivity contribution in [3.63, 3.8) is 0 Å². The van der Waals surface area contributed by atoms with Crippen LogP contribution in [0.3, 0.4) is 0 Å². The summed E-state index contributed by atoms with van der Waals surface area (Å²) in [7, 11) is 0. The Morgan fingerprint density at radius 2 is 2.00 bits per heavy atom. The zero-order chi connectivity index (χ0) is 13.0. The van der Waals surface area contributed by atoms with Gasteiger partial charge < -0.3 is 4.90 Å². The first-order valence-electron chi connectivity index (χ1n) is 7.65. The van der Waals surface area contributed by atoms with Crippen LogP contribution in [0.4, 0.5) is 0 Å². The SMILES string of the molecule is CCCCN(CC)CC(C#N)(NC1CC1)C1CC1. The maximum Gasteiger partial charge on any atom is 0.122 e. The zero-order valence-electron chi connectivity index (χ0n) is 11.9. The average molecular weight is 249 g/mol. The van der Waals surface area contributed by atoms with Gasteiger partial charge in [0.05, 0.1) is 6.07 Å². The zero-order valence-corrected chi connectivity index (χ0v) is 11.9. The second-order valence-corrected chi connectivity index (χ2v) is 6.00. The summed E-state index contributed by atoms with van der Waals surface area (Å²) < 4.78 is 0. The van der Waals surface area contributed by atoms with Crippen molar-refractivity contribution in [1.82, 2.24) is 10.2 Å². The van der Waals surface area contributed by atoms with E-state index in [-0.39, 0.29) is 5.54 Å². The van der Waals surface area contributed by atoms with Crippen LogP contribution in [-0.4, -0.2) is 36.1 Å². The average Bonchev–Trinajstić information content (AvgIpc) is 3.25. The number of hydrogen-bond donors (Lipinski definition) is 1. The molecule has 2 rings (SSSR count). The molecule has 1 N–H and O–H groups in total. The molecule has 3 nitrogen and oxygen atoms in total. The first kappa shape index (κ1) is 13.8. The van der Waals surface area contributed by atoms with Crippen molar-refractivity contribution < 1.29 is 0 Å². The Morgan fingerprint density at radius 3 is 2.44 bits per heavy atom. The van der Waals surface area contributed by atoms with Gasteiger partial charge in [0.25, 0.3) is 0 Å². The fourth-order valence-corrected chi connectivity index (χ4v) is 2.70. The Bertz CT molecular complexity index is 301. The van der Waals surface area contributed by atoms with Gasteiger partial charge >= 0.3 is 0 Å². The number of nitrogens with zero attached hydrogens (tertiary/aromatic N) is 2. The Balaban J connectivity index is 1.96. The first-order valence-corrected chi connectivity index (χ1v) is 7.65. The maximum atomic E-state index is 9.69. The van der Waals surface area contributed by atoms with E-state index >= 15 is 0 Å². The highest BCUT2D eigenvalue weighted by molar-refractivity contribution is 5.18. The summed E-state index contributed by atoms with van der Waals surface area (Å²) in [6.07, 6.45) is 7.46. The van der Waals surface area contributed by atoms with Crippen LogP contribution in [0, 0.1) is 17.2 Å². The van der Waals surface area contributed by atoms with E-state index in [1.165, 1.54) is 38.5 Å². The van der Waals surface area contributed by atoms with Crippen molar-refractivity contribution in [3.05, 3.63) is 0 Å². The van der Waals surface area contributed by atoms with Crippen LogP contribution in [0.5, 0.6) is 0 Å². The largest absolute Gasteiger partial charge is 0.301 e. The summed E-state index contributed by atoms with van der Waals surface area (Å²) in [6, 6.07) is 3.26. The van der Waals surface area contributed by atoms with Gasteiger partial charge in [0, 0.05) is 12.6 Å². The van der Waals surface area contributed by atoms with E-state index in [9.17, 15) is 5.26 Å². The fourth-order valence-electron chi connectivity index (χ4n) is 2.70. The molecule has 3 heteroatoms. The highest BCUT2D eigenvalue weighted by Crippen LogP contribution is 2.41. The lowest BCUT2D eigenvalue weighted by Crippen LogP contribution is -2.55. The van der Waals surface area contributed by atoms with E-state index in [1.807, 2.05) is 0 Å². The summed E-state index contributed by atoms with van der Waals surface area (Å²) >= 11 is 0. The molecule has 1 atom stereocenters. The molecular weight excluding hydrogens is 222 g/mol. The molecule has 18 heavy (non-hydrogen) atoms. The molecule has 1 unspecified atom stereocenters. The molecule has 102 valence electrons. The summed E-state index contributed by atoms with van der Waals surface area (Å²) in [5.74, 6) is 0.596. The van der Waals surface area contributed by atoms with Crippen LogP contribution in [0.2, 0.25) is 0 Å². The Kier molecular flexibility index (Phi) is 4.64. The minimum Gasteiger partial charge on any atom is -0.301 e. The van der Waals surface area contributed by atoms with Crippen molar-refractivity contribution in [1.29, 1.82) is 5.26 Å². The van der Waals surface area contributed by atoms with E-state index in [0.29, 0.717) is 12.0 Å². The van der Waals surface area contributed by atoms with Crippen molar-refractivity contribution in [2.45, 2.75) is 64.0 Å². The Hall–Kier alpha value is -0.590. The van der Waals surface area contributed by atoms with E-state index in [0.717, 1.165) is 19.6 Å². The Labute approximate surface area is 112 Å². The summed E-state index contributed by atoms with van der Waals surface area (Å²) in [5.41, 5.74) is -0.259. The molecule has 0 aromatic rings. The van der Waals surface area contributed by atoms with Crippen LogP contribution < -0.4 is 5.32 Å². The number of rotatable bonds is 9. The molecule has 2 saturated carbocycles. The van der Waals surface area contributed by atoms with Gasteiger partial charge in [-0.1, -0.05) is 20.3 Å². The minimum absolute atomic E-state index is 0.259. The third-order valence-corrected chi connectivity index (χ3v) is 4.26. The quantitative estimate of drug-likeness (QED) is 0.682. The molecule has 2 fully saturated rings. The lowest BCUT2D eigenvalue weighted by atomic mass is 9.93. The molecule has 0 aromatic heterocycles. The number of unbranched alkanes of at least 4 members (excludes halogenated alkanes) is 1. The van der Waals surface area contributed by atoms with E-state index in [2.05, 4.69) is 30.1 Å². The first-order chi connectivity index (χ1) is 8.74. The lowest BCUT2D eigenvalue weighted by molar-refractivity contribution is 0.199. The predicted molar refractivity (Wildman–Crippen MR) is 74.2 cm³/mol. The molecular formula is C15H27N3. The van der Waals surface area contributed by atoms with Crippen LogP contribution in [-0.2, 0) is 0 Å². The van der Waals surface area contributed by atoms with Gasteiger partial charge in [-0.15, -0.1) is 0 Å². The van der Waals surface area contributed by atoms with E-state index < -0.39 is 0 Å². The van der Waals surface area contributed by atoms with Crippen LogP contribution in [0.1, 0.15) is 52.4 Å². The second-order valence-electron chi connectivity index (χ2n) is 6.00. The molecule has 0 amide bonds. The fraction of sp³-hybridized carbons (Fsp3) is 0.933. The third-order valence-electron chi connectivity index (χ3n) is 4.26. The number of nitrogens with one attached hydrogen (secondary N) is 1. The van der Waals surface area contributed by atoms with E-state index in [4.69, 9.17) is 0 Å². The van der Waals surface area contributed by atoms with Gasteiger partial charge in [0.15, 0.2) is 0 Å². The van der Waals surface area contributed by atoms with Crippen molar-refractivity contribution in [2.24, 2.45) is 5.92 Å². The van der Waals surface area contributed by atoms with Gasteiger partial charge in [0.2, 0.25) is 0 Å².